The maximum atomic E-state index is 12.5. The predicted octanol–water partition coefficient (Wildman–Crippen LogP) is 2.81. The van der Waals surface area contributed by atoms with Gasteiger partial charge in [-0.2, -0.15) is 0 Å². The van der Waals surface area contributed by atoms with Crippen molar-refractivity contribution < 1.29 is 14.3 Å². The number of hydrogen-bond acceptors (Lipinski definition) is 3. The number of rotatable bonds is 6. The van der Waals surface area contributed by atoms with Gasteiger partial charge >= 0.3 is 0 Å². The summed E-state index contributed by atoms with van der Waals surface area (Å²) in [7, 11) is 1.68. The van der Waals surface area contributed by atoms with Gasteiger partial charge in [0.15, 0.2) is 0 Å². The Hall–Kier alpha value is -1.55. The molecule has 0 spiro atoms. The lowest BCUT2D eigenvalue weighted by Gasteiger charge is -2.27. The van der Waals surface area contributed by atoms with Crippen LogP contribution in [0.15, 0.2) is 24.3 Å². The molecule has 1 N–H and O–H groups in total. The first-order valence-electron chi connectivity index (χ1n) is 8.11. The number of benzene rings is 1. The van der Waals surface area contributed by atoms with Crippen LogP contribution >= 0.6 is 0 Å². The van der Waals surface area contributed by atoms with E-state index in [-0.39, 0.29) is 17.9 Å². The summed E-state index contributed by atoms with van der Waals surface area (Å²) in [5.74, 6) is 1.51. The molecule has 0 radical (unpaired) electrons. The highest BCUT2D eigenvalue weighted by Crippen LogP contribution is 2.22. The highest BCUT2D eigenvalue weighted by Gasteiger charge is 2.25. The van der Waals surface area contributed by atoms with Crippen LogP contribution in [0, 0.1) is 11.8 Å². The molecular formula is C18H27NO3. The van der Waals surface area contributed by atoms with Gasteiger partial charge in [-0.1, -0.05) is 32.0 Å². The van der Waals surface area contributed by atoms with Gasteiger partial charge in [-0.25, -0.2) is 0 Å². The smallest absolute Gasteiger partial charge is 0.223 e. The van der Waals surface area contributed by atoms with Crippen molar-refractivity contribution in [1.82, 2.24) is 5.32 Å². The van der Waals surface area contributed by atoms with Crippen LogP contribution in [0.1, 0.15) is 32.3 Å². The summed E-state index contributed by atoms with van der Waals surface area (Å²) in [5.41, 5.74) is 1.14. The number of carbonyl (C=O) groups is 1. The molecule has 1 aromatic carbocycles. The first-order valence-corrected chi connectivity index (χ1v) is 8.11. The van der Waals surface area contributed by atoms with Crippen molar-refractivity contribution in [2.24, 2.45) is 11.8 Å². The molecule has 1 saturated heterocycles. The van der Waals surface area contributed by atoms with E-state index in [1.807, 2.05) is 18.2 Å². The predicted molar refractivity (Wildman–Crippen MR) is 87.0 cm³/mol. The van der Waals surface area contributed by atoms with Gasteiger partial charge in [0.25, 0.3) is 0 Å². The topological polar surface area (TPSA) is 47.6 Å². The van der Waals surface area contributed by atoms with Crippen molar-refractivity contribution in [3.05, 3.63) is 29.8 Å². The second-order valence-corrected chi connectivity index (χ2v) is 6.26. The Labute approximate surface area is 133 Å². The van der Waals surface area contributed by atoms with E-state index in [0.717, 1.165) is 30.6 Å². The molecule has 1 fully saturated rings. The molecule has 4 heteroatoms. The summed E-state index contributed by atoms with van der Waals surface area (Å²) in [6.45, 7) is 5.67. The van der Waals surface area contributed by atoms with Gasteiger partial charge in [-0.3, -0.25) is 4.79 Å². The van der Waals surface area contributed by atoms with Crippen molar-refractivity contribution in [3.8, 4) is 5.75 Å². The minimum absolute atomic E-state index is 0.0904. The average molecular weight is 305 g/mol. The molecule has 0 unspecified atom stereocenters. The summed E-state index contributed by atoms with van der Waals surface area (Å²) in [5, 5.41) is 3.24. The fraction of sp³-hybridized carbons (Fsp3) is 0.611. The van der Waals surface area contributed by atoms with Crippen LogP contribution in [-0.4, -0.2) is 32.3 Å². The first-order chi connectivity index (χ1) is 10.6. The zero-order chi connectivity index (χ0) is 15.9. The molecule has 1 heterocycles. The average Bonchev–Trinajstić information content (AvgIpc) is 2.55. The van der Waals surface area contributed by atoms with E-state index in [0.29, 0.717) is 19.1 Å². The van der Waals surface area contributed by atoms with E-state index in [9.17, 15) is 4.79 Å². The van der Waals surface area contributed by atoms with E-state index in [1.165, 1.54) is 0 Å². The van der Waals surface area contributed by atoms with E-state index in [1.54, 1.807) is 7.11 Å². The number of ether oxygens (including phenoxy) is 2. The number of para-hydroxylation sites is 1. The Morgan fingerprint density at radius 2 is 2.00 bits per heavy atom. The maximum Gasteiger partial charge on any atom is 0.223 e. The monoisotopic (exact) mass is 305 g/mol. The zero-order valence-corrected chi connectivity index (χ0v) is 13.8. The molecule has 0 aliphatic carbocycles. The molecule has 2 rings (SSSR count). The SMILES string of the molecule is COc1ccccc1C[C@@H](NC(=O)C1CCOCC1)C(C)C. The molecule has 22 heavy (non-hydrogen) atoms. The third-order valence-electron chi connectivity index (χ3n) is 4.36. The second kappa shape index (κ2) is 8.18. The molecule has 1 amide bonds. The maximum absolute atomic E-state index is 12.5. The fourth-order valence-corrected chi connectivity index (χ4v) is 2.82. The molecule has 4 nitrogen and oxygen atoms in total. The lowest BCUT2D eigenvalue weighted by atomic mass is 9.93. The molecule has 1 aliphatic heterocycles. The summed E-state index contributed by atoms with van der Waals surface area (Å²) >= 11 is 0. The lowest BCUT2D eigenvalue weighted by molar-refractivity contribution is -0.128. The van der Waals surface area contributed by atoms with Gasteiger partial charge in [0, 0.05) is 25.2 Å². The molecule has 1 aliphatic rings. The summed E-state index contributed by atoms with van der Waals surface area (Å²) in [6, 6.07) is 8.12. The Morgan fingerprint density at radius 3 is 2.64 bits per heavy atom. The molecular weight excluding hydrogens is 278 g/mol. The van der Waals surface area contributed by atoms with Gasteiger partial charge < -0.3 is 14.8 Å². The number of methoxy groups -OCH3 is 1. The molecule has 0 bridgehead atoms. The Kier molecular flexibility index (Phi) is 6.25. The molecule has 1 aromatic rings. The second-order valence-electron chi connectivity index (χ2n) is 6.26. The minimum atomic E-state index is 0.0904. The van der Waals surface area contributed by atoms with E-state index in [2.05, 4.69) is 25.2 Å². The Morgan fingerprint density at radius 1 is 1.32 bits per heavy atom. The minimum Gasteiger partial charge on any atom is -0.496 e. The van der Waals surface area contributed by atoms with Crippen LogP contribution in [0.2, 0.25) is 0 Å². The molecule has 122 valence electrons. The highest BCUT2D eigenvalue weighted by molar-refractivity contribution is 5.79. The van der Waals surface area contributed by atoms with Crippen molar-refractivity contribution >= 4 is 5.91 Å². The normalized spacial score (nSPS) is 17.3. The van der Waals surface area contributed by atoms with Crippen LogP contribution in [-0.2, 0) is 16.0 Å². The third-order valence-corrected chi connectivity index (χ3v) is 4.36. The Balaban J connectivity index is 2.01. The number of carbonyl (C=O) groups excluding carboxylic acids is 1. The van der Waals surface area contributed by atoms with Crippen molar-refractivity contribution in [1.29, 1.82) is 0 Å². The molecule has 0 saturated carbocycles. The lowest BCUT2D eigenvalue weighted by Crippen LogP contribution is -2.44. The van der Waals surface area contributed by atoms with Crippen LogP contribution in [0.5, 0.6) is 5.75 Å². The number of nitrogens with one attached hydrogen (secondary N) is 1. The van der Waals surface area contributed by atoms with Crippen molar-refractivity contribution in [3.63, 3.8) is 0 Å². The van der Waals surface area contributed by atoms with Gasteiger partial charge in [-0.05, 0) is 36.8 Å². The van der Waals surface area contributed by atoms with E-state index >= 15 is 0 Å². The van der Waals surface area contributed by atoms with Crippen molar-refractivity contribution in [2.75, 3.05) is 20.3 Å². The quantitative estimate of drug-likeness (QED) is 0.879. The summed E-state index contributed by atoms with van der Waals surface area (Å²) < 4.78 is 10.7. The van der Waals surface area contributed by atoms with Gasteiger partial charge in [-0.15, -0.1) is 0 Å². The molecule has 0 aromatic heterocycles. The standard InChI is InChI=1S/C18H27NO3/c1-13(2)16(12-15-6-4-5-7-17(15)21-3)19-18(20)14-8-10-22-11-9-14/h4-7,13-14,16H,8-12H2,1-3H3,(H,19,20)/t16-/m1/s1. The first kappa shape index (κ1) is 16.8. The van der Waals surface area contributed by atoms with Crippen LogP contribution < -0.4 is 10.1 Å². The largest absolute Gasteiger partial charge is 0.496 e. The van der Waals surface area contributed by atoms with E-state index < -0.39 is 0 Å². The van der Waals surface area contributed by atoms with Crippen molar-refractivity contribution in [2.45, 2.75) is 39.2 Å². The third kappa shape index (κ3) is 4.47. The number of amides is 1. The van der Waals surface area contributed by atoms with Gasteiger partial charge in [0.05, 0.1) is 7.11 Å². The van der Waals surface area contributed by atoms with Gasteiger partial charge in [0.1, 0.15) is 5.75 Å². The van der Waals surface area contributed by atoms with Gasteiger partial charge in [0.2, 0.25) is 5.91 Å². The Bertz CT molecular complexity index is 481. The highest BCUT2D eigenvalue weighted by atomic mass is 16.5. The summed E-state index contributed by atoms with van der Waals surface area (Å²) in [6.07, 6.45) is 2.44. The zero-order valence-electron chi connectivity index (χ0n) is 13.8. The molecule has 1 atom stereocenters. The fourth-order valence-electron chi connectivity index (χ4n) is 2.82. The van der Waals surface area contributed by atoms with Crippen LogP contribution in [0.3, 0.4) is 0 Å². The number of hydrogen-bond donors (Lipinski definition) is 1. The van der Waals surface area contributed by atoms with E-state index in [4.69, 9.17) is 9.47 Å². The van der Waals surface area contributed by atoms with Crippen LogP contribution in [0.4, 0.5) is 0 Å². The summed E-state index contributed by atoms with van der Waals surface area (Å²) in [4.78, 5) is 12.5. The van der Waals surface area contributed by atoms with Crippen LogP contribution in [0.25, 0.3) is 0 Å².